The number of furan rings is 1. The van der Waals surface area contributed by atoms with Gasteiger partial charge >= 0.3 is 0 Å². The van der Waals surface area contributed by atoms with E-state index in [1.807, 2.05) is 4.90 Å². The van der Waals surface area contributed by atoms with E-state index in [4.69, 9.17) is 8.94 Å². The second-order valence-electron chi connectivity index (χ2n) is 5.56. The topological polar surface area (TPSA) is 55.3 Å². The highest BCUT2D eigenvalue weighted by molar-refractivity contribution is 5.44. The Labute approximate surface area is 130 Å². The highest BCUT2D eigenvalue weighted by Crippen LogP contribution is 2.29. The third-order valence-corrected chi connectivity index (χ3v) is 3.89. The Morgan fingerprint density at radius 1 is 1.22 bits per heavy atom. The molecule has 3 aromatic rings. The maximum absolute atomic E-state index is 13.6. The molecule has 0 spiro atoms. The van der Waals surface area contributed by atoms with Gasteiger partial charge in [0.2, 0.25) is 11.7 Å². The second kappa shape index (κ2) is 5.58. The van der Waals surface area contributed by atoms with Crippen LogP contribution in [0.1, 0.15) is 17.4 Å². The number of aromatic nitrogens is 2. The van der Waals surface area contributed by atoms with Gasteiger partial charge in [0, 0.05) is 25.2 Å². The first kappa shape index (κ1) is 14.1. The third-order valence-electron chi connectivity index (χ3n) is 3.89. The van der Waals surface area contributed by atoms with E-state index in [-0.39, 0.29) is 5.92 Å². The Balaban J connectivity index is 1.39. The number of benzene rings is 1. The van der Waals surface area contributed by atoms with Gasteiger partial charge in [-0.2, -0.15) is 4.98 Å². The van der Waals surface area contributed by atoms with Crippen LogP contribution in [0.2, 0.25) is 0 Å². The van der Waals surface area contributed by atoms with Crippen molar-refractivity contribution >= 4 is 0 Å². The van der Waals surface area contributed by atoms with E-state index >= 15 is 0 Å². The molecule has 7 heteroatoms. The Hall–Kier alpha value is -2.54. The smallest absolute Gasteiger partial charge is 0.238 e. The van der Waals surface area contributed by atoms with E-state index in [2.05, 4.69) is 10.1 Å². The van der Waals surface area contributed by atoms with Crippen molar-refractivity contribution < 1.29 is 17.7 Å². The average molecular weight is 317 g/mol. The molecule has 0 N–H and O–H groups in total. The van der Waals surface area contributed by atoms with Gasteiger partial charge in [-0.3, -0.25) is 4.90 Å². The zero-order chi connectivity index (χ0) is 15.8. The summed E-state index contributed by atoms with van der Waals surface area (Å²) in [4.78, 5) is 6.31. The van der Waals surface area contributed by atoms with Crippen molar-refractivity contribution in [2.75, 3.05) is 13.1 Å². The molecule has 1 saturated heterocycles. The summed E-state index contributed by atoms with van der Waals surface area (Å²) >= 11 is 0. The van der Waals surface area contributed by atoms with Crippen LogP contribution in [0.25, 0.3) is 11.6 Å². The first-order valence-corrected chi connectivity index (χ1v) is 7.23. The van der Waals surface area contributed by atoms with Crippen molar-refractivity contribution in [1.82, 2.24) is 15.0 Å². The fourth-order valence-electron chi connectivity index (χ4n) is 2.67. The van der Waals surface area contributed by atoms with Crippen LogP contribution in [0.15, 0.2) is 45.5 Å². The molecule has 23 heavy (non-hydrogen) atoms. The Kier molecular flexibility index (Phi) is 3.42. The van der Waals surface area contributed by atoms with Crippen molar-refractivity contribution in [3.8, 4) is 11.6 Å². The molecule has 1 aliphatic rings. The molecule has 4 rings (SSSR count). The largest absolute Gasteiger partial charge is 0.461 e. The molecule has 3 heterocycles. The molecule has 0 amide bonds. The van der Waals surface area contributed by atoms with E-state index < -0.39 is 11.6 Å². The molecular formula is C16H13F2N3O2. The summed E-state index contributed by atoms with van der Waals surface area (Å²) in [7, 11) is 0. The van der Waals surface area contributed by atoms with Crippen LogP contribution in [0.5, 0.6) is 0 Å². The molecule has 0 atom stereocenters. The number of hydrogen-bond donors (Lipinski definition) is 0. The van der Waals surface area contributed by atoms with Crippen molar-refractivity contribution in [1.29, 1.82) is 0 Å². The van der Waals surface area contributed by atoms with Gasteiger partial charge in [0.15, 0.2) is 5.76 Å². The van der Waals surface area contributed by atoms with Crippen LogP contribution in [0, 0.1) is 11.6 Å². The lowest BCUT2D eigenvalue weighted by Gasteiger charge is -2.37. The fraction of sp³-hybridized carbons (Fsp3) is 0.250. The van der Waals surface area contributed by atoms with E-state index in [0.29, 0.717) is 42.7 Å². The first-order valence-electron chi connectivity index (χ1n) is 7.23. The maximum Gasteiger partial charge on any atom is 0.238 e. The van der Waals surface area contributed by atoms with Crippen LogP contribution in [0.3, 0.4) is 0 Å². The molecule has 1 aromatic carbocycles. The van der Waals surface area contributed by atoms with Crippen LogP contribution < -0.4 is 0 Å². The summed E-state index contributed by atoms with van der Waals surface area (Å²) < 4.78 is 37.3. The predicted octanol–water partition coefficient (Wildman–Crippen LogP) is 3.21. The van der Waals surface area contributed by atoms with Gasteiger partial charge in [0.25, 0.3) is 0 Å². The fourth-order valence-corrected chi connectivity index (χ4v) is 2.67. The van der Waals surface area contributed by atoms with Gasteiger partial charge in [0.1, 0.15) is 11.6 Å². The molecule has 0 bridgehead atoms. The molecule has 0 unspecified atom stereocenters. The van der Waals surface area contributed by atoms with Crippen molar-refractivity contribution in [3.05, 3.63) is 59.7 Å². The Morgan fingerprint density at radius 2 is 2.09 bits per heavy atom. The number of rotatable bonds is 4. The van der Waals surface area contributed by atoms with E-state index in [1.54, 1.807) is 18.4 Å². The number of likely N-dealkylation sites (tertiary alicyclic amines) is 1. The quantitative estimate of drug-likeness (QED) is 0.739. The van der Waals surface area contributed by atoms with Gasteiger partial charge in [-0.05, 0) is 30.3 Å². The molecule has 5 nitrogen and oxygen atoms in total. The van der Waals surface area contributed by atoms with Gasteiger partial charge < -0.3 is 8.94 Å². The molecule has 0 aliphatic carbocycles. The summed E-state index contributed by atoms with van der Waals surface area (Å²) in [6.07, 6.45) is 1.55. The number of hydrogen-bond acceptors (Lipinski definition) is 5. The highest BCUT2D eigenvalue weighted by Gasteiger charge is 2.33. The molecule has 1 aliphatic heterocycles. The van der Waals surface area contributed by atoms with Crippen LogP contribution in [0.4, 0.5) is 8.78 Å². The summed E-state index contributed by atoms with van der Waals surface area (Å²) in [6.45, 7) is 1.69. The normalized spacial score (nSPS) is 15.7. The minimum atomic E-state index is -0.432. The Bertz CT molecular complexity index is 811. The van der Waals surface area contributed by atoms with Gasteiger partial charge in [0.05, 0.1) is 12.2 Å². The minimum absolute atomic E-state index is 0.0998. The molecule has 0 radical (unpaired) electrons. The van der Waals surface area contributed by atoms with Crippen molar-refractivity contribution in [2.24, 2.45) is 0 Å². The van der Waals surface area contributed by atoms with Crippen molar-refractivity contribution in [3.63, 3.8) is 0 Å². The molecule has 2 aromatic heterocycles. The van der Waals surface area contributed by atoms with Crippen LogP contribution >= 0.6 is 0 Å². The summed E-state index contributed by atoms with van der Waals surface area (Å²) in [6, 6.07) is 7.00. The lowest BCUT2D eigenvalue weighted by atomic mass is 9.99. The summed E-state index contributed by atoms with van der Waals surface area (Å²) in [5, 5.41) is 3.89. The van der Waals surface area contributed by atoms with E-state index in [0.717, 1.165) is 12.1 Å². The summed E-state index contributed by atoms with van der Waals surface area (Å²) in [5.74, 6) is 0.777. The standard InChI is InChI=1S/C16H13F2N3O2/c17-12-3-4-13(18)10(6-12)7-21-8-11(9-21)16-19-15(20-23-16)14-2-1-5-22-14/h1-6,11H,7-9H2. The average Bonchev–Trinajstić information content (AvgIpc) is 3.16. The molecular weight excluding hydrogens is 304 g/mol. The lowest BCUT2D eigenvalue weighted by molar-refractivity contribution is 0.116. The molecule has 118 valence electrons. The monoisotopic (exact) mass is 317 g/mol. The molecule has 1 fully saturated rings. The molecule has 0 saturated carbocycles. The van der Waals surface area contributed by atoms with E-state index in [1.165, 1.54) is 6.07 Å². The zero-order valence-corrected chi connectivity index (χ0v) is 12.1. The zero-order valence-electron chi connectivity index (χ0n) is 12.1. The number of nitrogens with zero attached hydrogens (tertiary/aromatic N) is 3. The highest BCUT2D eigenvalue weighted by atomic mass is 19.1. The van der Waals surface area contributed by atoms with Crippen LogP contribution in [-0.2, 0) is 6.54 Å². The lowest BCUT2D eigenvalue weighted by Crippen LogP contribution is -2.44. The van der Waals surface area contributed by atoms with Gasteiger partial charge in [-0.25, -0.2) is 8.78 Å². The second-order valence-corrected chi connectivity index (χ2v) is 5.56. The van der Waals surface area contributed by atoms with E-state index in [9.17, 15) is 8.78 Å². The van der Waals surface area contributed by atoms with Gasteiger partial charge in [-0.1, -0.05) is 5.16 Å². The summed E-state index contributed by atoms with van der Waals surface area (Å²) in [5.41, 5.74) is 0.352. The van der Waals surface area contributed by atoms with Crippen LogP contribution in [-0.4, -0.2) is 28.1 Å². The third kappa shape index (κ3) is 2.75. The first-order chi connectivity index (χ1) is 11.2. The van der Waals surface area contributed by atoms with Crippen molar-refractivity contribution in [2.45, 2.75) is 12.5 Å². The van der Waals surface area contributed by atoms with Gasteiger partial charge in [-0.15, -0.1) is 0 Å². The predicted molar refractivity (Wildman–Crippen MR) is 76.4 cm³/mol. The maximum atomic E-state index is 13.6. The SMILES string of the molecule is Fc1ccc(F)c(CN2CC(c3nc(-c4ccco4)no3)C2)c1. The Morgan fingerprint density at radius 3 is 2.87 bits per heavy atom. The number of halogens is 2. The minimum Gasteiger partial charge on any atom is -0.461 e.